The van der Waals surface area contributed by atoms with Crippen molar-refractivity contribution >= 4 is 27.9 Å². The van der Waals surface area contributed by atoms with E-state index >= 15 is 0 Å². The Bertz CT molecular complexity index is 939. The maximum absolute atomic E-state index is 12.4. The molecule has 0 aliphatic rings. The number of aliphatic hydroxyl groups excluding tert-OH is 1. The van der Waals surface area contributed by atoms with Crippen LogP contribution in [0.5, 0.6) is 0 Å². The van der Waals surface area contributed by atoms with E-state index in [-0.39, 0.29) is 24.2 Å². The average molecular weight is 361 g/mol. The fourth-order valence-electron chi connectivity index (χ4n) is 2.36. The van der Waals surface area contributed by atoms with Gasteiger partial charge in [-0.2, -0.15) is 0 Å². The van der Waals surface area contributed by atoms with E-state index in [1.165, 1.54) is 29.1 Å². The summed E-state index contributed by atoms with van der Waals surface area (Å²) in [6.07, 6.45) is 0.425. The van der Waals surface area contributed by atoms with Gasteiger partial charge in [0.25, 0.3) is 11.2 Å². The molecule has 25 heavy (non-hydrogen) atoms. The summed E-state index contributed by atoms with van der Waals surface area (Å²) in [6, 6.07) is 7.77. The molecule has 0 fully saturated rings. The number of nitro benzene ring substituents is 1. The fraction of sp³-hybridized carbons (Fsp3) is 0.250. The van der Waals surface area contributed by atoms with E-state index in [4.69, 9.17) is 4.74 Å². The second kappa shape index (κ2) is 7.51. The smallest absolute Gasteiger partial charge is 0.270 e. The molecule has 0 radical (unpaired) electrons. The van der Waals surface area contributed by atoms with Crippen LogP contribution < -0.4 is 5.56 Å². The van der Waals surface area contributed by atoms with Crippen molar-refractivity contribution in [3.8, 4) is 0 Å². The Labute approximate surface area is 146 Å². The summed E-state index contributed by atoms with van der Waals surface area (Å²) >= 11 is 1.56. The van der Waals surface area contributed by atoms with Crippen LogP contribution in [0.15, 0.2) is 46.8 Å². The Hall–Kier alpha value is -2.62. The summed E-state index contributed by atoms with van der Waals surface area (Å²) in [7, 11) is 0. The number of nitro groups is 1. The molecule has 1 atom stereocenters. The van der Waals surface area contributed by atoms with Crippen LogP contribution in [0.4, 0.5) is 5.69 Å². The third-order valence-electron chi connectivity index (χ3n) is 3.56. The lowest BCUT2D eigenvalue weighted by Crippen LogP contribution is -2.29. The summed E-state index contributed by atoms with van der Waals surface area (Å²) in [5.74, 6) is 0. The molecule has 0 amide bonds. The molecular weight excluding hydrogens is 346 g/mol. The first-order chi connectivity index (χ1) is 12.0. The van der Waals surface area contributed by atoms with Crippen molar-refractivity contribution in [2.24, 2.45) is 0 Å². The van der Waals surface area contributed by atoms with Crippen molar-refractivity contribution in [3.05, 3.63) is 67.4 Å². The van der Waals surface area contributed by atoms with Gasteiger partial charge in [0.05, 0.1) is 48.0 Å². The van der Waals surface area contributed by atoms with Crippen LogP contribution in [-0.4, -0.2) is 32.3 Å². The van der Waals surface area contributed by atoms with Crippen LogP contribution in [0, 0.1) is 10.1 Å². The third-order valence-corrected chi connectivity index (χ3v) is 4.41. The quantitative estimate of drug-likeness (QED) is 0.509. The minimum atomic E-state index is -0.893. The van der Waals surface area contributed by atoms with Crippen molar-refractivity contribution in [1.29, 1.82) is 0 Å². The van der Waals surface area contributed by atoms with Crippen LogP contribution in [0.2, 0.25) is 0 Å². The molecule has 2 aromatic heterocycles. The minimum absolute atomic E-state index is 0.00505. The van der Waals surface area contributed by atoms with Crippen LogP contribution in [0.3, 0.4) is 0 Å². The number of fused-ring (bicyclic) bond motifs is 1. The Morgan fingerprint density at radius 2 is 2.24 bits per heavy atom. The monoisotopic (exact) mass is 361 g/mol. The van der Waals surface area contributed by atoms with Crippen LogP contribution in [-0.2, 0) is 17.9 Å². The zero-order valence-electron chi connectivity index (χ0n) is 13.1. The number of nitrogens with zero attached hydrogens (tertiary/aromatic N) is 3. The molecule has 8 nitrogen and oxygen atoms in total. The van der Waals surface area contributed by atoms with E-state index < -0.39 is 16.6 Å². The zero-order chi connectivity index (χ0) is 17.8. The average Bonchev–Trinajstić information content (AvgIpc) is 3.10. The fourth-order valence-corrected chi connectivity index (χ4v) is 3.00. The van der Waals surface area contributed by atoms with E-state index in [0.29, 0.717) is 12.1 Å². The van der Waals surface area contributed by atoms with Gasteiger partial charge in [-0.25, -0.2) is 4.98 Å². The minimum Gasteiger partial charge on any atom is -0.389 e. The van der Waals surface area contributed by atoms with Crippen molar-refractivity contribution in [1.82, 2.24) is 9.55 Å². The molecule has 130 valence electrons. The van der Waals surface area contributed by atoms with Gasteiger partial charge in [-0.1, -0.05) is 6.07 Å². The Morgan fingerprint density at radius 3 is 2.96 bits per heavy atom. The molecule has 3 rings (SSSR count). The Morgan fingerprint density at radius 1 is 1.40 bits per heavy atom. The second-order valence-corrected chi connectivity index (χ2v) is 6.44. The number of hydrogen-bond donors (Lipinski definition) is 1. The number of benzene rings is 1. The molecule has 0 bridgehead atoms. The van der Waals surface area contributed by atoms with E-state index in [2.05, 4.69) is 4.98 Å². The molecular formula is C16H15N3O5S. The number of aliphatic hydroxyl groups is 1. The summed E-state index contributed by atoms with van der Waals surface area (Å²) in [6.45, 7) is 0.456. The van der Waals surface area contributed by atoms with Crippen LogP contribution >= 0.6 is 11.3 Å². The van der Waals surface area contributed by atoms with Crippen molar-refractivity contribution in [2.75, 3.05) is 6.61 Å². The number of hydrogen-bond acceptors (Lipinski definition) is 7. The molecule has 0 aliphatic heterocycles. The Balaban J connectivity index is 1.71. The number of thiophene rings is 1. The molecule has 0 spiro atoms. The first-order valence-electron chi connectivity index (χ1n) is 7.46. The predicted octanol–water partition coefficient (Wildman–Crippen LogP) is 1.94. The molecule has 0 saturated heterocycles. The first kappa shape index (κ1) is 17.2. The molecule has 9 heteroatoms. The number of rotatable bonds is 7. The lowest BCUT2D eigenvalue weighted by molar-refractivity contribution is -0.384. The van der Waals surface area contributed by atoms with Gasteiger partial charge in [0.15, 0.2) is 0 Å². The molecule has 0 aliphatic carbocycles. The summed E-state index contributed by atoms with van der Waals surface area (Å²) in [5, 5.41) is 23.0. The normalized spacial score (nSPS) is 12.4. The van der Waals surface area contributed by atoms with Gasteiger partial charge in [-0.3, -0.25) is 19.5 Å². The van der Waals surface area contributed by atoms with Crippen LogP contribution in [0.25, 0.3) is 10.9 Å². The molecule has 0 saturated carbocycles. The highest BCUT2D eigenvalue weighted by Gasteiger charge is 2.13. The standard InChI is InChI=1S/C16H15N3O5S/c20-12(8-24-9-13-2-1-5-25-13)7-18-10-17-15-4-3-11(19(22)23)6-14(15)16(18)21/h1-6,10,12,20H,7-9H2/t12-/m1/s1. The lowest BCUT2D eigenvalue weighted by Gasteiger charge is -2.13. The van der Waals surface area contributed by atoms with Gasteiger partial charge in [0.2, 0.25) is 0 Å². The van der Waals surface area contributed by atoms with Gasteiger partial charge < -0.3 is 9.84 Å². The summed E-state index contributed by atoms with van der Waals surface area (Å²) in [4.78, 5) is 27.9. The predicted molar refractivity (Wildman–Crippen MR) is 92.6 cm³/mol. The van der Waals surface area contributed by atoms with Crippen molar-refractivity contribution < 1.29 is 14.8 Å². The van der Waals surface area contributed by atoms with E-state index in [1.807, 2.05) is 17.5 Å². The number of aromatic nitrogens is 2. The SMILES string of the molecule is O=c1c2cc([N+](=O)[O-])ccc2ncn1C[C@@H](O)COCc1cccs1. The Kier molecular flexibility index (Phi) is 5.17. The summed E-state index contributed by atoms with van der Waals surface area (Å²) in [5.41, 5.74) is -0.245. The zero-order valence-corrected chi connectivity index (χ0v) is 13.9. The highest BCUT2D eigenvalue weighted by atomic mass is 32.1. The summed E-state index contributed by atoms with van der Waals surface area (Å²) < 4.78 is 6.65. The van der Waals surface area contributed by atoms with Gasteiger partial charge >= 0.3 is 0 Å². The number of ether oxygens (including phenoxy) is 1. The van der Waals surface area contributed by atoms with E-state index in [9.17, 15) is 20.0 Å². The van der Waals surface area contributed by atoms with Gasteiger partial charge in [-0.15, -0.1) is 11.3 Å². The molecule has 0 unspecified atom stereocenters. The highest BCUT2D eigenvalue weighted by Crippen LogP contribution is 2.16. The second-order valence-electron chi connectivity index (χ2n) is 5.41. The molecule has 3 aromatic rings. The number of non-ortho nitro benzene ring substituents is 1. The molecule has 1 aromatic carbocycles. The van der Waals surface area contributed by atoms with Crippen molar-refractivity contribution in [3.63, 3.8) is 0 Å². The van der Waals surface area contributed by atoms with Crippen LogP contribution in [0.1, 0.15) is 4.88 Å². The van der Waals surface area contributed by atoms with E-state index in [0.717, 1.165) is 4.88 Å². The largest absolute Gasteiger partial charge is 0.389 e. The van der Waals surface area contributed by atoms with E-state index in [1.54, 1.807) is 11.3 Å². The molecule has 2 heterocycles. The third kappa shape index (κ3) is 4.08. The maximum atomic E-state index is 12.4. The van der Waals surface area contributed by atoms with Gasteiger partial charge in [0.1, 0.15) is 0 Å². The first-order valence-corrected chi connectivity index (χ1v) is 8.34. The maximum Gasteiger partial charge on any atom is 0.270 e. The van der Waals surface area contributed by atoms with Crippen molar-refractivity contribution in [2.45, 2.75) is 19.3 Å². The van der Waals surface area contributed by atoms with Gasteiger partial charge in [0, 0.05) is 17.0 Å². The topological polar surface area (TPSA) is 107 Å². The lowest BCUT2D eigenvalue weighted by atomic mass is 10.2. The van der Waals surface area contributed by atoms with Gasteiger partial charge in [-0.05, 0) is 17.5 Å². The molecule has 1 N–H and O–H groups in total. The highest BCUT2D eigenvalue weighted by molar-refractivity contribution is 7.09.